The molecule has 0 saturated carbocycles. The minimum absolute atomic E-state index is 0.0256. The third-order valence-corrected chi connectivity index (χ3v) is 6.76. The Hall–Kier alpha value is -3.18. The highest BCUT2D eigenvalue weighted by molar-refractivity contribution is 7.89. The summed E-state index contributed by atoms with van der Waals surface area (Å²) in [4.78, 5) is 24.6. The number of para-hydroxylation sites is 1. The molecule has 1 fully saturated rings. The van der Waals surface area contributed by atoms with Crippen LogP contribution in [-0.4, -0.2) is 68.9 Å². The number of nitrogens with zero attached hydrogens (tertiary/aromatic N) is 3. The number of methoxy groups -OCH3 is 2. The van der Waals surface area contributed by atoms with Crippen LogP contribution in [0.2, 0.25) is 0 Å². The predicted octanol–water partition coefficient (Wildman–Crippen LogP) is 1.76. The van der Waals surface area contributed by atoms with Gasteiger partial charge in [0.25, 0.3) is 11.6 Å². The number of non-ortho nitro benzene ring substituents is 1. The fraction of sp³-hybridized carbons (Fsp3) is 0.316. The van der Waals surface area contributed by atoms with Gasteiger partial charge in [-0.3, -0.25) is 14.9 Å². The number of hydrogen-bond acceptors (Lipinski definition) is 7. The normalized spacial score (nSPS) is 14.9. The molecule has 1 aliphatic rings. The van der Waals surface area contributed by atoms with Gasteiger partial charge in [0.05, 0.1) is 29.6 Å². The van der Waals surface area contributed by atoms with Crippen LogP contribution in [0.25, 0.3) is 0 Å². The highest BCUT2D eigenvalue weighted by Gasteiger charge is 2.31. The average molecular weight is 435 g/mol. The Kier molecular flexibility index (Phi) is 6.22. The number of sulfonamides is 1. The van der Waals surface area contributed by atoms with Crippen LogP contribution in [0.4, 0.5) is 5.69 Å². The van der Waals surface area contributed by atoms with Crippen molar-refractivity contribution in [1.29, 1.82) is 0 Å². The third-order valence-electron chi connectivity index (χ3n) is 4.84. The van der Waals surface area contributed by atoms with Crippen LogP contribution >= 0.6 is 0 Å². The van der Waals surface area contributed by atoms with Crippen LogP contribution in [0.15, 0.2) is 47.4 Å². The molecule has 160 valence electrons. The molecule has 0 N–H and O–H groups in total. The molecule has 0 aliphatic carbocycles. The van der Waals surface area contributed by atoms with Gasteiger partial charge in [0.2, 0.25) is 10.0 Å². The lowest BCUT2D eigenvalue weighted by Crippen LogP contribution is -2.50. The van der Waals surface area contributed by atoms with Gasteiger partial charge in [0.15, 0.2) is 11.5 Å². The number of piperazine rings is 1. The third kappa shape index (κ3) is 4.07. The number of carbonyl (C=O) groups is 1. The number of rotatable bonds is 6. The van der Waals surface area contributed by atoms with Crippen molar-refractivity contribution in [2.75, 3.05) is 40.4 Å². The molecule has 1 aliphatic heterocycles. The lowest BCUT2D eigenvalue weighted by Gasteiger charge is -2.34. The number of carbonyl (C=O) groups excluding carboxylic acids is 1. The van der Waals surface area contributed by atoms with Crippen LogP contribution in [0.3, 0.4) is 0 Å². The summed E-state index contributed by atoms with van der Waals surface area (Å²) in [5.74, 6) is 0.479. The zero-order valence-corrected chi connectivity index (χ0v) is 17.3. The smallest absolute Gasteiger partial charge is 0.269 e. The van der Waals surface area contributed by atoms with E-state index in [1.807, 2.05) is 0 Å². The fourth-order valence-electron chi connectivity index (χ4n) is 3.25. The van der Waals surface area contributed by atoms with Crippen molar-refractivity contribution in [3.05, 3.63) is 58.1 Å². The van der Waals surface area contributed by atoms with E-state index in [4.69, 9.17) is 9.47 Å². The van der Waals surface area contributed by atoms with E-state index in [9.17, 15) is 23.3 Å². The summed E-state index contributed by atoms with van der Waals surface area (Å²) in [5.41, 5.74) is 0.153. The number of ether oxygens (including phenoxy) is 2. The van der Waals surface area contributed by atoms with Gasteiger partial charge in [-0.1, -0.05) is 6.07 Å². The molecule has 0 atom stereocenters. The van der Waals surface area contributed by atoms with Crippen LogP contribution < -0.4 is 9.47 Å². The first-order valence-electron chi connectivity index (χ1n) is 9.04. The monoisotopic (exact) mass is 435 g/mol. The standard InChI is InChI=1S/C19H21N3O7S/c1-28-17-5-3-4-16(18(17)29-2)19(23)20-10-12-21(13-11-20)30(26,27)15-8-6-14(7-9-15)22(24)25/h3-9H,10-13H2,1-2H3. The molecule has 0 aromatic heterocycles. The summed E-state index contributed by atoms with van der Waals surface area (Å²) in [6.45, 7) is 0.617. The van der Waals surface area contributed by atoms with Crippen molar-refractivity contribution in [1.82, 2.24) is 9.21 Å². The molecule has 10 nitrogen and oxygen atoms in total. The first-order chi connectivity index (χ1) is 14.3. The second-order valence-electron chi connectivity index (χ2n) is 6.49. The van der Waals surface area contributed by atoms with E-state index < -0.39 is 14.9 Å². The van der Waals surface area contributed by atoms with E-state index in [0.29, 0.717) is 17.1 Å². The molecule has 11 heteroatoms. The Morgan fingerprint density at radius 2 is 1.63 bits per heavy atom. The van der Waals surface area contributed by atoms with E-state index in [1.54, 1.807) is 23.1 Å². The van der Waals surface area contributed by atoms with Crippen molar-refractivity contribution in [2.24, 2.45) is 0 Å². The Labute approximate surface area is 173 Å². The Balaban J connectivity index is 1.73. The minimum atomic E-state index is -3.81. The summed E-state index contributed by atoms with van der Waals surface area (Å²) in [7, 11) is -0.886. The first-order valence-corrected chi connectivity index (χ1v) is 10.5. The van der Waals surface area contributed by atoms with Gasteiger partial charge in [-0.25, -0.2) is 8.42 Å². The van der Waals surface area contributed by atoms with Gasteiger partial charge in [-0.2, -0.15) is 4.31 Å². The van der Waals surface area contributed by atoms with E-state index in [0.717, 1.165) is 12.1 Å². The molecule has 1 saturated heterocycles. The second kappa shape index (κ2) is 8.67. The molecular weight excluding hydrogens is 414 g/mol. The molecule has 0 unspecified atom stereocenters. The lowest BCUT2D eigenvalue weighted by atomic mass is 10.1. The molecule has 2 aromatic rings. The number of nitro groups is 1. The number of nitro benzene ring substituents is 1. The van der Waals surface area contributed by atoms with E-state index >= 15 is 0 Å². The number of benzene rings is 2. The molecule has 0 spiro atoms. The molecule has 1 amide bonds. The second-order valence-corrected chi connectivity index (χ2v) is 8.43. The van der Waals surface area contributed by atoms with Crippen molar-refractivity contribution in [3.63, 3.8) is 0 Å². The largest absolute Gasteiger partial charge is 0.493 e. The summed E-state index contributed by atoms with van der Waals surface area (Å²) >= 11 is 0. The maximum atomic E-state index is 12.9. The molecule has 30 heavy (non-hydrogen) atoms. The Morgan fingerprint density at radius 1 is 1.00 bits per heavy atom. The highest BCUT2D eigenvalue weighted by Crippen LogP contribution is 2.32. The zero-order valence-electron chi connectivity index (χ0n) is 16.5. The molecule has 0 bridgehead atoms. The zero-order chi connectivity index (χ0) is 21.9. The van der Waals surface area contributed by atoms with E-state index in [-0.39, 0.29) is 42.7 Å². The summed E-state index contributed by atoms with van der Waals surface area (Å²) < 4.78 is 37.4. The molecule has 2 aromatic carbocycles. The SMILES string of the molecule is COc1cccc(C(=O)N2CCN(S(=O)(=O)c3ccc([N+](=O)[O-])cc3)CC2)c1OC. The van der Waals surface area contributed by atoms with Crippen molar-refractivity contribution >= 4 is 21.6 Å². The van der Waals surface area contributed by atoms with Gasteiger partial charge in [0, 0.05) is 38.3 Å². The van der Waals surface area contributed by atoms with Crippen molar-refractivity contribution in [3.8, 4) is 11.5 Å². The van der Waals surface area contributed by atoms with Crippen LogP contribution in [0, 0.1) is 10.1 Å². The van der Waals surface area contributed by atoms with Gasteiger partial charge in [-0.15, -0.1) is 0 Å². The van der Waals surface area contributed by atoms with Gasteiger partial charge in [-0.05, 0) is 24.3 Å². The molecular formula is C19H21N3O7S. The molecule has 0 radical (unpaired) electrons. The van der Waals surface area contributed by atoms with E-state index in [1.165, 1.54) is 30.7 Å². The van der Waals surface area contributed by atoms with Crippen molar-refractivity contribution in [2.45, 2.75) is 4.90 Å². The first kappa shape index (κ1) is 21.5. The van der Waals surface area contributed by atoms with E-state index in [2.05, 4.69) is 0 Å². The number of amides is 1. The lowest BCUT2D eigenvalue weighted by molar-refractivity contribution is -0.384. The highest BCUT2D eigenvalue weighted by atomic mass is 32.2. The maximum absolute atomic E-state index is 12.9. The summed E-state index contributed by atoms with van der Waals surface area (Å²) in [6, 6.07) is 9.74. The van der Waals surface area contributed by atoms with Gasteiger partial charge in [0.1, 0.15) is 0 Å². The number of hydrogen-bond donors (Lipinski definition) is 0. The average Bonchev–Trinajstić information content (AvgIpc) is 2.78. The topological polar surface area (TPSA) is 119 Å². The summed E-state index contributed by atoms with van der Waals surface area (Å²) in [6.07, 6.45) is 0. The minimum Gasteiger partial charge on any atom is -0.493 e. The van der Waals surface area contributed by atoms with Crippen LogP contribution in [0.5, 0.6) is 11.5 Å². The van der Waals surface area contributed by atoms with Gasteiger partial charge >= 0.3 is 0 Å². The predicted molar refractivity (Wildman–Crippen MR) is 107 cm³/mol. The van der Waals surface area contributed by atoms with Crippen LogP contribution in [-0.2, 0) is 10.0 Å². The van der Waals surface area contributed by atoms with Crippen molar-refractivity contribution < 1.29 is 27.6 Å². The molecule has 1 heterocycles. The summed E-state index contributed by atoms with van der Waals surface area (Å²) in [5, 5.41) is 10.8. The Bertz CT molecular complexity index is 1050. The van der Waals surface area contributed by atoms with Gasteiger partial charge < -0.3 is 14.4 Å². The Morgan fingerprint density at radius 3 is 2.17 bits per heavy atom. The fourth-order valence-corrected chi connectivity index (χ4v) is 4.67. The van der Waals surface area contributed by atoms with Crippen LogP contribution in [0.1, 0.15) is 10.4 Å². The maximum Gasteiger partial charge on any atom is 0.269 e. The quantitative estimate of drug-likeness (QED) is 0.501. The molecule has 3 rings (SSSR count).